The Morgan fingerprint density at radius 1 is 0.816 bits per heavy atom. The maximum Gasteiger partial charge on any atom is 0.304 e. The number of rotatable bonds is 4. The van der Waals surface area contributed by atoms with E-state index in [4.69, 9.17) is 18.9 Å². The number of hydrogen-bond donors (Lipinski definition) is 1. The van der Waals surface area contributed by atoms with Crippen molar-refractivity contribution in [3.05, 3.63) is 53.9 Å². The Kier molecular flexibility index (Phi) is 6.56. The highest BCUT2D eigenvalue weighted by Gasteiger charge is 2.54. The van der Waals surface area contributed by atoms with Crippen LogP contribution in [-0.4, -0.2) is 47.3 Å². The van der Waals surface area contributed by atoms with Gasteiger partial charge in [0, 0.05) is 48.5 Å². The molecule has 2 aromatic heterocycles. The number of hydrogen-bond acceptors (Lipinski definition) is 7. The molecule has 0 unspecified atom stereocenters. The zero-order chi connectivity index (χ0) is 27.3. The second kappa shape index (κ2) is 9.72. The van der Waals surface area contributed by atoms with Gasteiger partial charge in [-0.3, -0.25) is 14.4 Å². The van der Waals surface area contributed by atoms with Crippen LogP contribution in [0, 0.1) is 13.8 Å². The maximum absolute atomic E-state index is 12.1. The molecular formula is C29H31N2O7+. The number of carbonyl (C=O) groups excluding carboxylic acids is 3. The molecule has 1 aliphatic rings. The summed E-state index contributed by atoms with van der Waals surface area (Å²) in [5.74, 6) is -1.73. The van der Waals surface area contributed by atoms with Crippen LogP contribution in [0.1, 0.15) is 45.0 Å². The number of aromatic nitrogens is 2. The first-order valence-corrected chi connectivity index (χ1v) is 12.6. The van der Waals surface area contributed by atoms with Gasteiger partial charge in [0.15, 0.2) is 24.6 Å². The first-order valence-electron chi connectivity index (χ1n) is 12.6. The third-order valence-corrected chi connectivity index (χ3v) is 7.19. The number of para-hydroxylation sites is 1. The average Bonchev–Trinajstić information content (AvgIpc) is 3.25. The van der Waals surface area contributed by atoms with Crippen LogP contribution in [0.15, 0.2) is 42.7 Å². The summed E-state index contributed by atoms with van der Waals surface area (Å²) in [6, 6.07) is 10.2. The summed E-state index contributed by atoms with van der Waals surface area (Å²) in [7, 11) is 0. The highest BCUT2D eigenvalue weighted by Crippen LogP contribution is 2.37. The van der Waals surface area contributed by atoms with Gasteiger partial charge in [0.1, 0.15) is 6.10 Å². The van der Waals surface area contributed by atoms with Crippen molar-refractivity contribution in [2.24, 2.45) is 0 Å². The lowest BCUT2D eigenvalue weighted by atomic mass is 9.95. The Balaban J connectivity index is 1.67. The van der Waals surface area contributed by atoms with E-state index in [1.54, 1.807) is 6.92 Å². The predicted molar refractivity (Wildman–Crippen MR) is 139 cm³/mol. The topological polar surface area (TPSA) is 108 Å². The van der Waals surface area contributed by atoms with E-state index in [1.807, 2.05) is 35.2 Å². The molecule has 1 N–H and O–H groups in total. The van der Waals surface area contributed by atoms with Crippen molar-refractivity contribution in [2.75, 3.05) is 0 Å². The second-order valence-corrected chi connectivity index (χ2v) is 9.84. The minimum absolute atomic E-state index is 0.560. The van der Waals surface area contributed by atoms with E-state index in [0.29, 0.717) is 0 Å². The van der Waals surface area contributed by atoms with Gasteiger partial charge in [-0.25, -0.2) is 0 Å². The van der Waals surface area contributed by atoms with Crippen LogP contribution in [0.4, 0.5) is 0 Å². The van der Waals surface area contributed by atoms with Gasteiger partial charge in [0.25, 0.3) is 0 Å². The smallest absolute Gasteiger partial charge is 0.304 e. The van der Waals surface area contributed by atoms with Crippen LogP contribution < -0.4 is 4.57 Å². The molecule has 1 aliphatic heterocycles. The molecule has 3 heterocycles. The molecule has 198 valence electrons. The lowest BCUT2D eigenvalue weighted by molar-refractivity contribution is -0.776. The van der Waals surface area contributed by atoms with Gasteiger partial charge in [0.2, 0.25) is 6.10 Å². The van der Waals surface area contributed by atoms with Crippen LogP contribution in [0.5, 0.6) is 0 Å². The standard InChI is InChI=1S/C29H30N2O7/c1-14-22-13-31(12-11-20(22)15(2)25-24(14)21-9-7-8-10-23(21)30-25)29-28(38-19(6)34)27(37-18(5)33)26(16(3)35-29)36-17(4)32/h7-13,16,26-29H,1-6H3/p+1/t16-,26-,27+,28+,29+/m0/s1. The fourth-order valence-corrected chi connectivity index (χ4v) is 5.61. The largest absolute Gasteiger partial charge is 0.456 e. The highest BCUT2D eigenvalue weighted by molar-refractivity contribution is 6.16. The molecule has 9 heteroatoms. The highest BCUT2D eigenvalue weighted by atomic mass is 16.7. The monoisotopic (exact) mass is 519 g/mol. The van der Waals surface area contributed by atoms with E-state index in [1.165, 1.54) is 20.8 Å². The molecule has 1 fully saturated rings. The number of aromatic amines is 1. The summed E-state index contributed by atoms with van der Waals surface area (Å²) in [6.07, 6.45) is -0.741. The quantitative estimate of drug-likeness (QED) is 0.246. The number of fused-ring (bicyclic) bond motifs is 4. The van der Waals surface area contributed by atoms with E-state index >= 15 is 0 Å². The Labute approximate surface area is 219 Å². The van der Waals surface area contributed by atoms with E-state index in [2.05, 4.69) is 31.0 Å². The summed E-state index contributed by atoms with van der Waals surface area (Å²) in [5.41, 5.74) is 4.37. The number of pyridine rings is 1. The van der Waals surface area contributed by atoms with E-state index in [9.17, 15) is 14.4 Å². The third-order valence-electron chi connectivity index (χ3n) is 7.19. The minimum atomic E-state index is -1.06. The molecule has 2 aromatic carbocycles. The van der Waals surface area contributed by atoms with Gasteiger partial charge >= 0.3 is 24.1 Å². The van der Waals surface area contributed by atoms with Gasteiger partial charge in [0.05, 0.1) is 5.52 Å². The van der Waals surface area contributed by atoms with Crippen LogP contribution in [-0.2, 0) is 33.3 Å². The molecule has 0 aliphatic carbocycles. The van der Waals surface area contributed by atoms with Crippen molar-refractivity contribution in [1.29, 1.82) is 0 Å². The Morgan fingerprint density at radius 2 is 1.45 bits per heavy atom. The first-order chi connectivity index (χ1) is 18.1. The molecule has 4 aromatic rings. The molecule has 1 saturated heterocycles. The summed E-state index contributed by atoms with van der Waals surface area (Å²) < 4.78 is 24.8. The number of benzene rings is 2. The Morgan fingerprint density at radius 3 is 2.13 bits per heavy atom. The number of carbonyl (C=O) groups is 3. The number of esters is 3. The van der Waals surface area contributed by atoms with Crippen molar-refractivity contribution in [3.63, 3.8) is 0 Å². The van der Waals surface area contributed by atoms with Crippen LogP contribution in [0.2, 0.25) is 0 Å². The number of aryl methyl sites for hydroxylation is 2. The lowest BCUT2D eigenvalue weighted by Gasteiger charge is -2.41. The number of H-pyrrole nitrogens is 1. The van der Waals surface area contributed by atoms with Crippen molar-refractivity contribution in [1.82, 2.24) is 4.98 Å². The van der Waals surface area contributed by atoms with Gasteiger partial charge in [-0.05, 0) is 43.4 Å². The fraction of sp³-hybridized carbons (Fsp3) is 0.379. The molecule has 5 rings (SSSR count). The Bertz CT molecular complexity index is 1590. The number of nitrogens with zero attached hydrogens (tertiary/aromatic N) is 1. The third kappa shape index (κ3) is 4.36. The van der Waals surface area contributed by atoms with Crippen molar-refractivity contribution < 1.29 is 37.9 Å². The molecule has 5 atom stereocenters. The first kappa shape index (κ1) is 25.7. The molecular weight excluding hydrogens is 488 g/mol. The summed E-state index contributed by atoms with van der Waals surface area (Å²) in [5, 5.41) is 4.36. The fourth-order valence-electron chi connectivity index (χ4n) is 5.61. The van der Waals surface area contributed by atoms with Gasteiger partial charge in [-0.15, -0.1) is 0 Å². The SMILES string of the molecule is CC(=O)O[C@@H]1[C@@H](OC(C)=O)[C@H](C)O[C@@H]([n+]2ccc3c(C)c4[nH]c5ccccc5c4c(C)c3c2)[C@@H]1OC(C)=O. The number of nitrogens with one attached hydrogen (secondary N) is 1. The predicted octanol–water partition coefficient (Wildman–Crippen LogP) is 4.09. The number of ether oxygens (including phenoxy) is 4. The Hall–Kier alpha value is -3.98. The summed E-state index contributed by atoms with van der Waals surface area (Å²) in [4.78, 5) is 39.6. The average molecular weight is 520 g/mol. The molecule has 0 amide bonds. The molecule has 38 heavy (non-hydrogen) atoms. The zero-order valence-electron chi connectivity index (χ0n) is 22.2. The van der Waals surface area contributed by atoms with E-state index in [-0.39, 0.29) is 0 Å². The van der Waals surface area contributed by atoms with Crippen LogP contribution in [0.25, 0.3) is 32.6 Å². The van der Waals surface area contributed by atoms with Crippen LogP contribution >= 0.6 is 0 Å². The normalized spacial score (nSPS) is 23.5. The van der Waals surface area contributed by atoms with Gasteiger partial charge in [-0.2, -0.15) is 4.57 Å². The van der Waals surface area contributed by atoms with Crippen LogP contribution in [0.3, 0.4) is 0 Å². The van der Waals surface area contributed by atoms with Gasteiger partial charge in [-0.1, -0.05) is 18.2 Å². The second-order valence-electron chi connectivity index (χ2n) is 9.84. The van der Waals surface area contributed by atoms with Crippen molar-refractivity contribution in [2.45, 2.75) is 72.2 Å². The molecule has 0 spiro atoms. The lowest BCUT2D eigenvalue weighted by Crippen LogP contribution is -2.64. The molecule has 9 nitrogen and oxygen atoms in total. The molecule has 0 saturated carbocycles. The maximum atomic E-state index is 12.1. The van der Waals surface area contributed by atoms with E-state index in [0.717, 1.165) is 43.7 Å². The van der Waals surface area contributed by atoms with Crippen molar-refractivity contribution >= 4 is 50.5 Å². The summed E-state index contributed by atoms with van der Waals surface area (Å²) in [6.45, 7) is 9.69. The van der Waals surface area contributed by atoms with E-state index < -0.39 is 48.6 Å². The molecule has 0 radical (unpaired) electrons. The molecule has 0 bridgehead atoms. The van der Waals surface area contributed by atoms with Crippen molar-refractivity contribution in [3.8, 4) is 0 Å². The summed E-state index contributed by atoms with van der Waals surface area (Å²) >= 11 is 0. The minimum Gasteiger partial charge on any atom is -0.456 e. The van der Waals surface area contributed by atoms with Gasteiger partial charge < -0.3 is 23.9 Å². The zero-order valence-corrected chi connectivity index (χ0v) is 22.2.